The normalized spacial score (nSPS) is 16.6. The van der Waals surface area contributed by atoms with Crippen LogP contribution in [0.1, 0.15) is 45.2 Å². The molecular formula is C25H28N2O5S. The highest BCUT2D eigenvalue weighted by molar-refractivity contribution is 7.92. The molecule has 1 aliphatic rings. The van der Waals surface area contributed by atoms with E-state index in [1.165, 1.54) is 0 Å². The van der Waals surface area contributed by atoms with Gasteiger partial charge < -0.3 is 14.1 Å². The minimum atomic E-state index is -3.82. The Labute approximate surface area is 194 Å². The maximum absolute atomic E-state index is 13.1. The second kappa shape index (κ2) is 8.94. The summed E-state index contributed by atoms with van der Waals surface area (Å²) in [7, 11) is -3.82. The van der Waals surface area contributed by atoms with E-state index >= 15 is 0 Å². The van der Waals surface area contributed by atoms with Crippen LogP contribution in [0, 0.1) is 0 Å². The van der Waals surface area contributed by atoms with E-state index < -0.39 is 15.6 Å². The van der Waals surface area contributed by atoms with Crippen LogP contribution in [0.2, 0.25) is 0 Å². The molecule has 2 heterocycles. The Morgan fingerprint density at radius 1 is 1.09 bits per heavy atom. The van der Waals surface area contributed by atoms with Gasteiger partial charge in [-0.1, -0.05) is 24.3 Å². The highest BCUT2D eigenvalue weighted by Gasteiger charge is 2.33. The Morgan fingerprint density at radius 2 is 1.85 bits per heavy atom. The number of benzene rings is 2. The molecule has 0 aliphatic carbocycles. The fraction of sp³-hybridized carbons (Fsp3) is 0.320. The van der Waals surface area contributed by atoms with Crippen molar-refractivity contribution in [3.63, 3.8) is 0 Å². The lowest BCUT2D eigenvalue weighted by Crippen LogP contribution is -2.36. The van der Waals surface area contributed by atoms with Gasteiger partial charge >= 0.3 is 6.09 Å². The van der Waals surface area contributed by atoms with Crippen molar-refractivity contribution in [2.45, 2.75) is 50.2 Å². The molecule has 1 fully saturated rings. The Morgan fingerprint density at radius 3 is 2.52 bits per heavy atom. The van der Waals surface area contributed by atoms with Gasteiger partial charge in [-0.3, -0.25) is 4.72 Å². The minimum absolute atomic E-state index is 0.164. The van der Waals surface area contributed by atoms with Crippen LogP contribution >= 0.6 is 0 Å². The third-order valence-electron chi connectivity index (χ3n) is 5.39. The summed E-state index contributed by atoms with van der Waals surface area (Å²) in [5.74, 6) is 0.544. The molecule has 0 radical (unpaired) electrons. The molecule has 1 amide bonds. The smallest absolute Gasteiger partial charge is 0.410 e. The van der Waals surface area contributed by atoms with Gasteiger partial charge in [0.2, 0.25) is 0 Å². The summed E-state index contributed by atoms with van der Waals surface area (Å²) in [5.41, 5.74) is 1.25. The fourth-order valence-corrected chi connectivity index (χ4v) is 5.05. The van der Waals surface area contributed by atoms with Crippen molar-refractivity contribution in [1.82, 2.24) is 4.90 Å². The van der Waals surface area contributed by atoms with E-state index in [9.17, 15) is 13.2 Å². The van der Waals surface area contributed by atoms with E-state index in [-0.39, 0.29) is 17.0 Å². The maximum Gasteiger partial charge on any atom is 0.410 e. The minimum Gasteiger partial charge on any atom is -0.464 e. The summed E-state index contributed by atoms with van der Waals surface area (Å²) >= 11 is 0. The molecule has 0 spiro atoms. The number of likely N-dealkylation sites (tertiary alicyclic amines) is 1. The molecule has 1 saturated heterocycles. The molecule has 174 valence electrons. The molecule has 8 heteroatoms. The number of hydrogen-bond donors (Lipinski definition) is 1. The predicted octanol–water partition coefficient (Wildman–Crippen LogP) is 5.82. The summed E-state index contributed by atoms with van der Waals surface area (Å²) in [4.78, 5) is 14.6. The number of hydrogen-bond acceptors (Lipinski definition) is 5. The molecule has 3 aromatic rings. The third kappa shape index (κ3) is 5.22. The van der Waals surface area contributed by atoms with Crippen LogP contribution in [0.25, 0.3) is 11.3 Å². The van der Waals surface area contributed by atoms with Gasteiger partial charge in [0, 0.05) is 12.1 Å². The van der Waals surface area contributed by atoms with E-state index in [4.69, 9.17) is 9.15 Å². The number of carbonyl (C=O) groups excluding carboxylic acids is 1. The van der Waals surface area contributed by atoms with Gasteiger partial charge in [0.15, 0.2) is 0 Å². The number of carbonyl (C=O) groups is 1. The van der Waals surface area contributed by atoms with E-state index in [2.05, 4.69) is 4.72 Å². The van der Waals surface area contributed by atoms with Crippen molar-refractivity contribution < 1.29 is 22.4 Å². The molecule has 0 bridgehead atoms. The average Bonchev–Trinajstić information content (AvgIpc) is 3.45. The van der Waals surface area contributed by atoms with Crippen molar-refractivity contribution in [2.75, 3.05) is 11.3 Å². The van der Waals surface area contributed by atoms with Gasteiger partial charge in [0.05, 0.1) is 22.9 Å². The Hall–Kier alpha value is -3.26. The van der Waals surface area contributed by atoms with Gasteiger partial charge in [0.25, 0.3) is 10.0 Å². The zero-order valence-electron chi connectivity index (χ0n) is 18.9. The molecule has 1 aliphatic heterocycles. The lowest BCUT2D eigenvalue weighted by atomic mass is 10.0. The van der Waals surface area contributed by atoms with Crippen molar-refractivity contribution in [2.24, 2.45) is 0 Å². The van der Waals surface area contributed by atoms with Gasteiger partial charge in [-0.25, -0.2) is 13.2 Å². The summed E-state index contributed by atoms with van der Waals surface area (Å²) in [5, 5.41) is 0. The number of rotatable bonds is 5. The molecule has 4 rings (SSSR count). The van der Waals surface area contributed by atoms with Crippen LogP contribution in [0.4, 0.5) is 10.5 Å². The Balaban J connectivity index is 1.71. The molecule has 1 atom stereocenters. The van der Waals surface area contributed by atoms with E-state index in [1.54, 1.807) is 59.7 Å². The van der Waals surface area contributed by atoms with Gasteiger partial charge in [-0.05, 0) is 75.6 Å². The highest BCUT2D eigenvalue weighted by Crippen LogP contribution is 2.38. The summed E-state index contributed by atoms with van der Waals surface area (Å²) in [6.07, 6.45) is 2.78. The first-order valence-corrected chi connectivity index (χ1v) is 12.4. The quantitative estimate of drug-likeness (QED) is 0.510. The Bertz CT molecular complexity index is 1220. The zero-order valence-corrected chi connectivity index (χ0v) is 19.8. The largest absolute Gasteiger partial charge is 0.464 e. The van der Waals surface area contributed by atoms with Crippen molar-refractivity contribution in [1.29, 1.82) is 0 Å². The van der Waals surface area contributed by atoms with E-state index in [0.717, 1.165) is 18.4 Å². The molecule has 2 aromatic carbocycles. The summed E-state index contributed by atoms with van der Waals surface area (Å²) in [6.45, 7) is 6.10. The molecule has 1 N–H and O–H groups in total. The second-order valence-electron chi connectivity index (χ2n) is 9.03. The third-order valence-corrected chi connectivity index (χ3v) is 6.78. The van der Waals surface area contributed by atoms with Crippen LogP contribution in [0.5, 0.6) is 0 Å². The van der Waals surface area contributed by atoms with Gasteiger partial charge in [-0.2, -0.15) is 0 Å². The lowest BCUT2D eigenvalue weighted by Gasteiger charge is -2.29. The SMILES string of the molecule is CC(C)(C)OC(=O)N1CCCC1c1ccc(-c2ccco2)c(NS(=O)(=O)c2ccccc2)c1. The fourth-order valence-electron chi connectivity index (χ4n) is 3.96. The standard InChI is InChI=1S/C25H28N2O5S/c1-25(2,3)32-24(28)27-15-7-11-22(27)18-13-14-20(23-12-8-16-31-23)21(17-18)26-33(29,30)19-9-5-4-6-10-19/h4-6,8-10,12-14,16-17,22,26H,7,11,15H2,1-3H3. The monoisotopic (exact) mass is 468 g/mol. The molecule has 0 saturated carbocycles. The first-order chi connectivity index (χ1) is 15.6. The molecular weight excluding hydrogens is 440 g/mol. The van der Waals surface area contributed by atoms with Crippen LogP contribution in [0.15, 0.2) is 76.2 Å². The number of anilines is 1. The molecule has 33 heavy (non-hydrogen) atoms. The summed E-state index contributed by atoms with van der Waals surface area (Å²) in [6, 6.07) is 17.0. The topological polar surface area (TPSA) is 88.8 Å². The van der Waals surface area contributed by atoms with Crippen molar-refractivity contribution in [3.8, 4) is 11.3 Å². The highest BCUT2D eigenvalue weighted by atomic mass is 32.2. The predicted molar refractivity (Wildman–Crippen MR) is 126 cm³/mol. The Kier molecular flexibility index (Phi) is 6.21. The first kappa shape index (κ1) is 22.9. The van der Waals surface area contributed by atoms with Gasteiger partial charge in [-0.15, -0.1) is 0 Å². The number of sulfonamides is 1. The second-order valence-corrected chi connectivity index (χ2v) is 10.7. The first-order valence-electron chi connectivity index (χ1n) is 10.9. The van der Waals surface area contributed by atoms with Gasteiger partial charge in [0.1, 0.15) is 11.4 Å². The summed E-state index contributed by atoms with van der Waals surface area (Å²) < 4.78 is 40.0. The number of furan rings is 1. The van der Waals surface area contributed by atoms with Crippen LogP contribution < -0.4 is 4.72 Å². The molecule has 1 unspecified atom stereocenters. The van der Waals surface area contributed by atoms with Crippen LogP contribution in [-0.4, -0.2) is 31.6 Å². The lowest BCUT2D eigenvalue weighted by molar-refractivity contribution is 0.0224. The zero-order chi connectivity index (χ0) is 23.6. The number of nitrogens with zero attached hydrogens (tertiary/aromatic N) is 1. The van der Waals surface area contributed by atoms with Crippen molar-refractivity contribution >= 4 is 21.8 Å². The van der Waals surface area contributed by atoms with Crippen LogP contribution in [0.3, 0.4) is 0 Å². The number of ether oxygens (including phenoxy) is 1. The van der Waals surface area contributed by atoms with Crippen molar-refractivity contribution in [3.05, 3.63) is 72.5 Å². The molecule has 7 nitrogen and oxygen atoms in total. The number of amides is 1. The van der Waals surface area contributed by atoms with E-state index in [0.29, 0.717) is 23.6 Å². The number of nitrogens with one attached hydrogen (secondary N) is 1. The average molecular weight is 469 g/mol. The maximum atomic E-state index is 13.1. The van der Waals surface area contributed by atoms with Crippen LogP contribution in [-0.2, 0) is 14.8 Å². The van der Waals surface area contributed by atoms with E-state index in [1.807, 2.05) is 32.9 Å². The molecule has 1 aromatic heterocycles.